The molecule has 1 fully saturated rings. The summed E-state index contributed by atoms with van der Waals surface area (Å²) in [5.41, 5.74) is 0. The molecule has 0 radical (unpaired) electrons. The molecule has 0 aromatic carbocycles. The molecular weight excluding hydrogens is 218 g/mol. The molecule has 1 atom stereocenters. The van der Waals surface area contributed by atoms with Gasteiger partial charge in [0, 0.05) is 19.2 Å². The molecule has 17 heavy (non-hydrogen) atoms. The highest BCUT2D eigenvalue weighted by Gasteiger charge is 2.30. The van der Waals surface area contributed by atoms with Gasteiger partial charge in [0.15, 0.2) is 0 Å². The second kappa shape index (κ2) is 6.97. The second-order valence-electron chi connectivity index (χ2n) is 5.32. The smallest absolute Gasteiger partial charge is 0.307 e. The Morgan fingerprint density at radius 2 is 2.12 bits per heavy atom. The molecule has 1 rings (SSSR count). The van der Waals surface area contributed by atoms with Crippen LogP contribution >= 0.6 is 0 Å². The molecule has 0 aromatic heterocycles. The van der Waals surface area contributed by atoms with Gasteiger partial charge in [0.1, 0.15) is 0 Å². The van der Waals surface area contributed by atoms with Crippen molar-refractivity contribution in [3.8, 4) is 0 Å². The Balaban J connectivity index is 2.18. The van der Waals surface area contributed by atoms with Crippen LogP contribution in [0.25, 0.3) is 0 Å². The van der Waals surface area contributed by atoms with Gasteiger partial charge in [-0.1, -0.05) is 13.8 Å². The van der Waals surface area contributed by atoms with E-state index >= 15 is 0 Å². The van der Waals surface area contributed by atoms with Crippen molar-refractivity contribution in [2.75, 3.05) is 13.2 Å². The van der Waals surface area contributed by atoms with Crippen LogP contribution in [0.15, 0.2) is 0 Å². The fourth-order valence-corrected chi connectivity index (χ4v) is 2.25. The monoisotopic (exact) mass is 243 g/mol. The molecule has 0 spiro atoms. The summed E-state index contributed by atoms with van der Waals surface area (Å²) >= 11 is 0. The minimum Gasteiger partial charge on any atom is -0.481 e. The van der Waals surface area contributed by atoms with E-state index in [9.17, 15) is 4.79 Å². The first-order valence-electron chi connectivity index (χ1n) is 6.60. The molecule has 0 amide bonds. The lowest BCUT2D eigenvalue weighted by molar-refractivity contribution is -0.142. The zero-order chi connectivity index (χ0) is 12.8. The van der Waals surface area contributed by atoms with Gasteiger partial charge in [-0.15, -0.1) is 0 Å². The van der Waals surface area contributed by atoms with Gasteiger partial charge in [-0.3, -0.25) is 4.79 Å². The summed E-state index contributed by atoms with van der Waals surface area (Å²) in [5.74, 6) is -0.525. The van der Waals surface area contributed by atoms with Gasteiger partial charge < -0.3 is 15.2 Å². The van der Waals surface area contributed by atoms with Crippen molar-refractivity contribution in [3.63, 3.8) is 0 Å². The standard InChI is InChI=1S/C13H25NO3/c1-4-17-12-6-11(7-12)14-8-10(13(15)16)5-9(2)3/h9-12,14H,4-8H2,1-3H3,(H,15,16). The van der Waals surface area contributed by atoms with E-state index in [1.54, 1.807) is 0 Å². The van der Waals surface area contributed by atoms with E-state index in [0.29, 0.717) is 24.6 Å². The van der Waals surface area contributed by atoms with Gasteiger partial charge >= 0.3 is 5.97 Å². The number of hydrogen-bond acceptors (Lipinski definition) is 3. The number of nitrogens with one attached hydrogen (secondary N) is 1. The summed E-state index contributed by atoms with van der Waals surface area (Å²) in [4.78, 5) is 11.1. The van der Waals surface area contributed by atoms with Crippen LogP contribution in [0.4, 0.5) is 0 Å². The molecule has 1 saturated carbocycles. The van der Waals surface area contributed by atoms with Gasteiger partial charge in [-0.2, -0.15) is 0 Å². The number of carboxylic acids is 1. The Labute approximate surface area is 104 Å². The molecule has 4 heteroatoms. The lowest BCUT2D eigenvalue weighted by Gasteiger charge is -2.36. The average molecular weight is 243 g/mol. The average Bonchev–Trinajstić information content (AvgIpc) is 2.18. The minimum atomic E-state index is -0.688. The first-order valence-corrected chi connectivity index (χ1v) is 6.60. The Morgan fingerprint density at radius 1 is 1.47 bits per heavy atom. The van der Waals surface area contributed by atoms with Crippen molar-refractivity contribution in [1.82, 2.24) is 5.32 Å². The van der Waals surface area contributed by atoms with E-state index in [1.165, 1.54) is 0 Å². The lowest BCUT2D eigenvalue weighted by atomic mass is 9.88. The summed E-state index contributed by atoms with van der Waals surface area (Å²) in [7, 11) is 0. The molecule has 0 heterocycles. The van der Waals surface area contributed by atoms with Crippen molar-refractivity contribution in [2.24, 2.45) is 11.8 Å². The fraction of sp³-hybridized carbons (Fsp3) is 0.923. The second-order valence-corrected chi connectivity index (χ2v) is 5.32. The van der Waals surface area contributed by atoms with E-state index in [4.69, 9.17) is 9.84 Å². The number of carboxylic acid groups (broad SMARTS) is 1. The predicted octanol–water partition coefficient (Wildman–Crippen LogP) is 1.89. The van der Waals surface area contributed by atoms with Crippen LogP contribution < -0.4 is 5.32 Å². The molecule has 1 aliphatic carbocycles. The quantitative estimate of drug-likeness (QED) is 0.683. The highest BCUT2D eigenvalue weighted by molar-refractivity contribution is 5.70. The third kappa shape index (κ3) is 5.04. The third-order valence-corrected chi connectivity index (χ3v) is 3.26. The Bertz CT molecular complexity index is 237. The highest BCUT2D eigenvalue weighted by Crippen LogP contribution is 2.23. The highest BCUT2D eigenvalue weighted by atomic mass is 16.5. The zero-order valence-corrected chi connectivity index (χ0v) is 11.1. The van der Waals surface area contributed by atoms with Gasteiger partial charge in [-0.05, 0) is 32.1 Å². The topological polar surface area (TPSA) is 58.6 Å². The summed E-state index contributed by atoms with van der Waals surface area (Å²) in [6.07, 6.45) is 3.15. The van der Waals surface area contributed by atoms with Crippen LogP contribution in [0.1, 0.15) is 40.0 Å². The summed E-state index contributed by atoms with van der Waals surface area (Å²) < 4.78 is 5.47. The van der Waals surface area contributed by atoms with Crippen molar-refractivity contribution < 1.29 is 14.6 Å². The van der Waals surface area contributed by atoms with Gasteiger partial charge in [-0.25, -0.2) is 0 Å². The van der Waals surface area contributed by atoms with E-state index in [2.05, 4.69) is 19.2 Å². The van der Waals surface area contributed by atoms with Crippen molar-refractivity contribution >= 4 is 5.97 Å². The van der Waals surface area contributed by atoms with Crippen LogP contribution in [0.3, 0.4) is 0 Å². The van der Waals surface area contributed by atoms with Crippen molar-refractivity contribution in [3.05, 3.63) is 0 Å². The maximum atomic E-state index is 11.1. The molecule has 2 N–H and O–H groups in total. The lowest BCUT2D eigenvalue weighted by Crippen LogP contribution is -2.47. The zero-order valence-electron chi connectivity index (χ0n) is 11.1. The van der Waals surface area contributed by atoms with Gasteiger partial charge in [0.2, 0.25) is 0 Å². The van der Waals surface area contributed by atoms with E-state index in [1.807, 2.05) is 6.92 Å². The first kappa shape index (κ1) is 14.5. The largest absolute Gasteiger partial charge is 0.481 e. The normalized spacial score (nSPS) is 25.6. The fourth-order valence-electron chi connectivity index (χ4n) is 2.25. The number of ether oxygens (including phenoxy) is 1. The number of hydrogen-bond donors (Lipinski definition) is 2. The summed E-state index contributed by atoms with van der Waals surface area (Å²) in [5, 5.41) is 12.4. The van der Waals surface area contributed by atoms with Crippen LogP contribution in [-0.4, -0.2) is 36.4 Å². The number of aliphatic carboxylic acids is 1. The molecule has 0 aromatic rings. The van der Waals surface area contributed by atoms with Crippen LogP contribution in [0.5, 0.6) is 0 Å². The number of rotatable bonds is 8. The predicted molar refractivity (Wildman–Crippen MR) is 67.0 cm³/mol. The van der Waals surface area contributed by atoms with Gasteiger partial charge in [0.05, 0.1) is 12.0 Å². The Hall–Kier alpha value is -0.610. The summed E-state index contributed by atoms with van der Waals surface area (Å²) in [6.45, 7) is 7.47. The van der Waals surface area contributed by atoms with E-state index in [-0.39, 0.29) is 5.92 Å². The van der Waals surface area contributed by atoms with Crippen molar-refractivity contribution in [1.29, 1.82) is 0 Å². The first-order chi connectivity index (χ1) is 8.02. The maximum Gasteiger partial charge on any atom is 0.307 e. The maximum absolute atomic E-state index is 11.1. The molecule has 0 saturated heterocycles. The van der Waals surface area contributed by atoms with Crippen molar-refractivity contribution in [2.45, 2.75) is 52.2 Å². The van der Waals surface area contributed by atoms with Gasteiger partial charge in [0.25, 0.3) is 0 Å². The Kier molecular flexibility index (Phi) is 5.92. The summed E-state index contributed by atoms with van der Waals surface area (Å²) in [6, 6.07) is 0.445. The molecule has 4 nitrogen and oxygen atoms in total. The van der Waals surface area contributed by atoms with E-state index < -0.39 is 5.97 Å². The van der Waals surface area contributed by atoms with Crippen LogP contribution in [0.2, 0.25) is 0 Å². The number of carbonyl (C=O) groups is 1. The molecule has 100 valence electrons. The molecule has 1 aliphatic rings. The third-order valence-electron chi connectivity index (χ3n) is 3.26. The van der Waals surface area contributed by atoms with Crippen LogP contribution in [-0.2, 0) is 9.53 Å². The molecule has 0 bridgehead atoms. The molecular formula is C13H25NO3. The molecule has 0 aliphatic heterocycles. The SMILES string of the molecule is CCOC1CC(NCC(CC(C)C)C(=O)O)C1. The molecule has 1 unspecified atom stereocenters. The Morgan fingerprint density at radius 3 is 2.59 bits per heavy atom. The van der Waals surface area contributed by atoms with E-state index in [0.717, 1.165) is 25.9 Å². The van der Waals surface area contributed by atoms with Crippen LogP contribution in [0, 0.1) is 11.8 Å². The minimum absolute atomic E-state index is 0.263.